The summed E-state index contributed by atoms with van der Waals surface area (Å²) in [6.45, 7) is 0.360. The zero-order chi connectivity index (χ0) is 13.2. The van der Waals surface area contributed by atoms with Gasteiger partial charge in [0.2, 0.25) is 0 Å². The van der Waals surface area contributed by atoms with Gasteiger partial charge in [0.25, 0.3) is 0 Å². The molecule has 5 nitrogen and oxygen atoms in total. The topological polar surface area (TPSA) is 49.0 Å². The van der Waals surface area contributed by atoms with Crippen molar-refractivity contribution in [2.75, 3.05) is 19.4 Å². The Hall–Kier alpha value is -1.37. The van der Waals surface area contributed by atoms with Crippen LogP contribution in [0.25, 0.3) is 0 Å². The van der Waals surface area contributed by atoms with E-state index in [-0.39, 0.29) is 24.1 Å². The number of anilines is 1. The highest BCUT2D eigenvalue weighted by Gasteiger charge is 2.41. The van der Waals surface area contributed by atoms with E-state index in [2.05, 4.69) is 5.48 Å². The van der Waals surface area contributed by atoms with Gasteiger partial charge in [-0.1, -0.05) is 0 Å². The van der Waals surface area contributed by atoms with Gasteiger partial charge in [0.1, 0.15) is 30.2 Å². The molecule has 2 unspecified atom stereocenters. The number of hydrogen-bond acceptors (Lipinski definition) is 5. The maximum atomic E-state index is 13.3. The molecular formula is C13H16FNO4. The summed E-state index contributed by atoms with van der Waals surface area (Å²) in [4.78, 5) is 4.85. The largest absolute Gasteiger partial charge is 0.488 e. The third kappa shape index (κ3) is 2.65. The Labute approximate surface area is 110 Å². The first-order valence-corrected chi connectivity index (χ1v) is 6.24. The molecule has 1 aliphatic carbocycles. The van der Waals surface area contributed by atoms with Crippen molar-refractivity contribution < 1.29 is 23.4 Å². The van der Waals surface area contributed by atoms with E-state index in [1.807, 2.05) is 0 Å². The highest BCUT2D eigenvalue weighted by atomic mass is 19.1. The average Bonchev–Trinajstić information content (AvgIpc) is 2.93. The molecule has 1 aliphatic heterocycles. The van der Waals surface area contributed by atoms with Gasteiger partial charge in [-0.3, -0.25) is 10.3 Å². The summed E-state index contributed by atoms with van der Waals surface area (Å²) >= 11 is 0. The molecule has 6 heteroatoms. The lowest BCUT2D eigenvalue weighted by Gasteiger charge is -2.17. The Balaban J connectivity index is 1.70. The van der Waals surface area contributed by atoms with Crippen LogP contribution in [0.1, 0.15) is 12.8 Å². The molecule has 1 aromatic rings. The molecule has 0 amide bonds. The molecule has 19 heavy (non-hydrogen) atoms. The van der Waals surface area contributed by atoms with E-state index in [4.69, 9.17) is 19.0 Å². The van der Waals surface area contributed by atoms with E-state index in [0.29, 0.717) is 18.2 Å². The van der Waals surface area contributed by atoms with Crippen LogP contribution < -0.4 is 10.2 Å². The van der Waals surface area contributed by atoms with Crippen LogP contribution in [0, 0.1) is 5.82 Å². The number of nitrogens with one attached hydrogen (secondary N) is 1. The molecular weight excluding hydrogens is 253 g/mol. The van der Waals surface area contributed by atoms with Gasteiger partial charge in [0.05, 0.1) is 19.3 Å². The second-order valence-electron chi connectivity index (χ2n) is 4.69. The Morgan fingerprint density at radius 2 is 2.00 bits per heavy atom. The molecule has 0 spiro atoms. The molecule has 1 N–H and O–H groups in total. The Bertz CT molecular complexity index is 444. The quantitative estimate of drug-likeness (QED) is 0.848. The summed E-state index contributed by atoms with van der Waals surface area (Å²) in [6, 6.07) is 4.28. The van der Waals surface area contributed by atoms with Crippen LogP contribution >= 0.6 is 0 Å². The third-order valence-electron chi connectivity index (χ3n) is 3.42. The van der Waals surface area contributed by atoms with Crippen molar-refractivity contribution in [2.24, 2.45) is 0 Å². The first-order chi connectivity index (χ1) is 9.26. The van der Waals surface area contributed by atoms with E-state index >= 15 is 0 Å². The number of halogens is 1. The van der Waals surface area contributed by atoms with Gasteiger partial charge in [0, 0.05) is 18.9 Å². The molecule has 2 aliphatic rings. The van der Waals surface area contributed by atoms with Crippen molar-refractivity contribution in [1.29, 1.82) is 0 Å². The van der Waals surface area contributed by atoms with Gasteiger partial charge >= 0.3 is 0 Å². The van der Waals surface area contributed by atoms with Crippen LogP contribution in [0.2, 0.25) is 0 Å². The normalized spacial score (nSPS) is 29.3. The average molecular weight is 269 g/mol. The van der Waals surface area contributed by atoms with Crippen molar-refractivity contribution >= 4 is 5.69 Å². The highest BCUT2D eigenvalue weighted by molar-refractivity contribution is 5.55. The Morgan fingerprint density at radius 1 is 1.26 bits per heavy atom. The second-order valence-corrected chi connectivity index (χ2v) is 4.69. The Kier molecular flexibility index (Phi) is 3.54. The zero-order valence-corrected chi connectivity index (χ0v) is 10.6. The monoisotopic (exact) mass is 269 g/mol. The van der Waals surface area contributed by atoms with Crippen molar-refractivity contribution in [3.05, 3.63) is 24.0 Å². The minimum absolute atomic E-state index is 0.0329. The fraction of sp³-hybridized carbons (Fsp3) is 0.538. The molecule has 1 aromatic carbocycles. The fourth-order valence-electron chi connectivity index (χ4n) is 2.55. The van der Waals surface area contributed by atoms with E-state index in [1.54, 1.807) is 6.07 Å². The van der Waals surface area contributed by atoms with Gasteiger partial charge < -0.3 is 14.2 Å². The van der Waals surface area contributed by atoms with Crippen molar-refractivity contribution in [3.63, 3.8) is 0 Å². The highest BCUT2D eigenvalue weighted by Crippen LogP contribution is 2.35. The van der Waals surface area contributed by atoms with E-state index in [9.17, 15) is 4.39 Å². The molecule has 0 radical (unpaired) electrons. The summed E-state index contributed by atoms with van der Waals surface area (Å²) in [5.41, 5.74) is 3.27. The van der Waals surface area contributed by atoms with Gasteiger partial charge in [-0.15, -0.1) is 0 Å². The van der Waals surface area contributed by atoms with Gasteiger partial charge in [-0.25, -0.2) is 4.39 Å². The molecule has 0 aromatic heterocycles. The predicted molar refractivity (Wildman–Crippen MR) is 65.3 cm³/mol. The van der Waals surface area contributed by atoms with Crippen LogP contribution in [0.3, 0.4) is 0 Å². The minimum Gasteiger partial charge on any atom is -0.488 e. The predicted octanol–water partition coefficient (Wildman–Crippen LogP) is 2.08. The van der Waals surface area contributed by atoms with E-state index in [1.165, 1.54) is 19.2 Å². The fourth-order valence-corrected chi connectivity index (χ4v) is 2.55. The molecule has 0 bridgehead atoms. The number of fused-ring (bicyclic) bond motifs is 1. The van der Waals surface area contributed by atoms with Crippen molar-refractivity contribution in [2.45, 2.75) is 31.2 Å². The first kappa shape index (κ1) is 12.7. The molecule has 2 atom stereocenters. The van der Waals surface area contributed by atoms with Crippen LogP contribution in [-0.2, 0) is 14.3 Å². The lowest BCUT2D eigenvalue weighted by Crippen LogP contribution is -2.16. The molecule has 1 heterocycles. The van der Waals surface area contributed by atoms with E-state index in [0.717, 1.165) is 12.8 Å². The molecule has 2 fully saturated rings. The molecule has 3 rings (SSSR count). The maximum absolute atomic E-state index is 13.3. The lowest BCUT2D eigenvalue weighted by atomic mass is 10.2. The van der Waals surface area contributed by atoms with Crippen molar-refractivity contribution in [3.8, 4) is 5.75 Å². The van der Waals surface area contributed by atoms with Crippen molar-refractivity contribution in [1.82, 2.24) is 0 Å². The van der Waals surface area contributed by atoms with Gasteiger partial charge in [-0.05, 0) is 12.1 Å². The summed E-state index contributed by atoms with van der Waals surface area (Å²) in [5.74, 6) is 0.0918. The lowest BCUT2D eigenvalue weighted by molar-refractivity contribution is 0.0122. The van der Waals surface area contributed by atoms with Crippen LogP contribution in [0.15, 0.2) is 18.2 Å². The summed E-state index contributed by atoms with van der Waals surface area (Å²) in [5, 5.41) is 0. The first-order valence-electron chi connectivity index (χ1n) is 6.24. The van der Waals surface area contributed by atoms with Crippen LogP contribution in [0.5, 0.6) is 5.75 Å². The standard InChI is InChI=1S/C13H16FNO4/c1-16-15-10-3-2-8(14)4-11(10)19-9-5-12-13(6-9)18-7-17-12/h2-4,9,12-13,15H,5-7H2,1H3. The molecule has 1 saturated carbocycles. The number of rotatable bonds is 4. The van der Waals surface area contributed by atoms with Gasteiger partial charge in [0.15, 0.2) is 0 Å². The zero-order valence-electron chi connectivity index (χ0n) is 10.6. The van der Waals surface area contributed by atoms with E-state index < -0.39 is 0 Å². The summed E-state index contributed by atoms with van der Waals surface area (Å²) in [7, 11) is 1.49. The molecule has 104 valence electrons. The third-order valence-corrected chi connectivity index (χ3v) is 3.42. The maximum Gasteiger partial charge on any atom is 0.148 e. The van der Waals surface area contributed by atoms with Crippen LogP contribution in [-0.4, -0.2) is 32.2 Å². The SMILES string of the molecule is CONc1ccc(F)cc1OC1CC2OCOC2C1. The summed E-state index contributed by atoms with van der Waals surface area (Å²) < 4.78 is 30.0. The number of benzene rings is 1. The molecule has 1 saturated heterocycles. The van der Waals surface area contributed by atoms with Gasteiger partial charge in [-0.2, -0.15) is 0 Å². The smallest absolute Gasteiger partial charge is 0.148 e. The number of ether oxygens (including phenoxy) is 3. The Morgan fingerprint density at radius 3 is 2.68 bits per heavy atom. The number of hydrogen-bond donors (Lipinski definition) is 1. The minimum atomic E-state index is -0.345. The summed E-state index contributed by atoms with van der Waals surface area (Å²) in [6.07, 6.45) is 1.67. The van der Waals surface area contributed by atoms with Crippen LogP contribution in [0.4, 0.5) is 10.1 Å². The second kappa shape index (κ2) is 5.32.